The van der Waals surface area contributed by atoms with Crippen LogP contribution < -0.4 is 5.32 Å². The van der Waals surface area contributed by atoms with Crippen LogP contribution in [0.5, 0.6) is 0 Å². The number of nitrogens with one attached hydrogen (secondary N) is 1. The van der Waals surface area contributed by atoms with Gasteiger partial charge in [0.15, 0.2) is 0 Å². The van der Waals surface area contributed by atoms with Crippen molar-refractivity contribution in [1.29, 1.82) is 0 Å². The van der Waals surface area contributed by atoms with Gasteiger partial charge >= 0.3 is 0 Å². The summed E-state index contributed by atoms with van der Waals surface area (Å²) in [5.74, 6) is -0.341. The van der Waals surface area contributed by atoms with Gasteiger partial charge in [0, 0.05) is 5.56 Å². The van der Waals surface area contributed by atoms with Crippen molar-refractivity contribution in [3.63, 3.8) is 0 Å². The predicted molar refractivity (Wildman–Crippen MR) is 87.5 cm³/mol. The van der Waals surface area contributed by atoms with Crippen LogP contribution >= 0.6 is 11.6 Å². The summed E-state index contributed by atoms with van der Waals surface area (Å²) < 4.78 is 14.4. The number of hydrogen-bond donors (Lipinski definition) is 1. The van der Waals surface area contributed by atoms with Crippen LogP contribution in [-0.4, -0.2) is 6.54 Å². The van der Waals surface area contributed by atoms with Crippen LogP contribution in [0.4, 0.5) is 4.39 Å². The van der Waals surface area contributed by atoms with E-state index in [4.69, 9.17) is 11.6 Å². The van der Waals surface area contributed by atoms with Gasteiger partial charge in [0.25, 0.3) is 0 Å². The highest BCUT2D eigenvalue weighted by Crippen LogP contribution is 2.29. The molecule has 0 saturated carbocycles. The van der Waals surface area contributed by atoms with Gasteiger partial charge in [-0.15, -0.1) is 0 Å². The highest BCUT2D eigenvalue weighted by atomic mass is 35.5. The fraction of sp³-hybridized carbons (Fsp3) is 0.333. The van der Waals surface area contributed by atoms with E-state index >= 15 is 0 Å². The lowest BCUT2D eigenvalue weighted by Crippen LogP contribution is -2.24. The second-order valence-electron chi connectivity index (χ2n) is 5.45. The maximum atomic E-state index is 14.4. The first-order valence-corrected chi connectivity index (χ1v) is 7.66. The molecule has 0 bridgehead atoms. The summed E-state index contributed by atoms with van der Waals surface area (Å²) in [6.07, 6.45) is 0.990. The Morgan fingerprint density at radius 3 is 2.43 bits per heavy atom. The second-order valence-corrected chi connectivity index (χ2v) is 5.86. The molecule has 21 heavy (non-hydrogen) atoms. The van der Waals surface area contributed by atoms with Crippen molar-refractivity contribution < 1.29 is 4.39 Å². The average Bonchev–Trinajstić information content (AvgIpc) is 2.42. The molecule has 0 amide bonds. The molecule has 0 aliphatic heterocycles. The fourth-order valence-corrected chi connectivity index (χ4v) is 2.80. The van der Waals surface area contributed by atoms with Gasteiger partial charge < -0.3 is 5.32 Å². The van der Waals surface area contributed by atoms with Crippen LogP contribution in [0.15, 0.2) is 36.4 Å². The normalized spacial score (nSPS) is 12.4. The van der Waals surface area contributed by atoms with E-state index in [0.29, 0.717) is 5.56 Å². The molecule has 0 aliphatic carbocycles. The average molecular weight is 306 g/mol. The molecule has 1 nitrogen and oxygen atoms in total. The highest BCUT2D eigenvalue weighted by Gasteiger charge is 2.19. The molecule has 0 saturated heterocycles. The van der Waals surface area contributed by atoms with Crippen LogP contribution in [0.3, 0.4) is 0 Å². The number of benzene rings is 2. The van der Waals surface area contributed by atoms with Crippen molar-refractivity contribution in [3.8, 4) is 0 Å². The maximum Gasteiger partial charge on any atom is 0.146 e. The molecule has 0 aromatic heterocycles. The number of hydrogen-bond acceptors (Lipinski definition) is 1. The van der Waals surface area contributed by atoms with Gasteiger partial charge in [-0.05, 0) is 38.4 Å². The number of aryl methyl sites for hydroxylation is 2. The Balaban J connectivity index is 2.49. The highest BCUT2D eigenvalue weighted by molar-refractivity contribution is 6.30. The Bertz CT molecular complexity index is 604. The van der Waals surface area contributed by atoms with Gasteiger partial charge in [-0.3, -0.25) is 0 Å². The topological polar surface area (TPSA) is 12.0 Å². The molecule has 112 valence electrons. The zero-order valence-corrected chi connectivity index (χ0v) is 13.5. The summed E-state index contributed by atoms with van der Waals surface area (Å²) in [6.45, 7) is 7.03. The monoisotopic (exact) mass is 305 g/mol. The quantitative estimate of drug-likeness (QED) is 0.802. The van der Waals surface area contributed by atoms with E-state index in [2.05, 4.69) is 44.3 Å². The molecular formula is C18H21ClFN. The zero-order valence-electron chi connectivity index (χ0n) is 12.7. The van der Waals surface area contributed by atoms with Crippen molar-refractivity contribution in [2.75, 3.05) is 6.54 Å². The minimum absolute atomic E-state index is 0.167. The largest absolute Gasteiger partial charge is 0.306 e. The van der Waals surface area contributed by atoms with Crippen molar-refractivity contribution >= 4 is 11.6 Å². The molecule has 0 spiro atoms. The van der Waals surface area contributed by atoms with Crippen LogP contribution in [0.25, 0.3) is 0 Å². The molecule has 2 aromatic rings. The molecule has 3 heteroatoms. The molecule has 1 N–H and O–H groups in total. The van der Waals surface area contributed by atoms with E-state index in [-0.39, 0.29) is 16.9 Å². The molecule has 0 fully saturated rings. The zero-order chi connectivity index (χ0) is 15.4. The Morgan fingerprint density at radius 1 is 1.14 bits per heavy atom. The smallest absolute Gasteiger partial charge is 0.146 e. The summed E-state index contributed by atoms with van der Waals surface area (Å²) in [5.41, 5.74) is 4.02. The summed E-state index contributed by atoms with van der Waals surface area (Å²) in [7, 11) is 0. The van der Waals surface area contributed by atoms with E-state index in [1.165, 1.54) is 11.1 Å². The molecule has 0 heterocycles. The van der Waals surface area contributed by atoms with Gasteiger partial charge in [-0.1, -0.05) is 60.0 Å². The van der Waals surface area contributed by atoms with Gasteiger partial charge in [-0.2, -0.15) is 0 Å². The van der Waals surface area contributed by atoms with Crippen molar-refractivity contribution in [1.82, 2.24) is 5.32 Å². The number of rotatable bonds is 5. The van der Waals surface area contributed by atoms with E-state index in [1.54, 1.807) is 18.2 Å². The Morgan fingerprint density at radius 2 is 1.81 bits per heavy atom. The number of halogens is 2. The van der Waals surface area contributed by atoms with Crippen LogP contribution in [-0.2, 0) is 0 Å². The molecular weight excluding hydrogens is 285 g/mol. The van der Waals surface area contributed by atoms with E-state index in [1.807, 2.05) is 0 Å². The molecule has 2 aromatic carbocycles. The SMILES string of the molecule is CCCNC(c1cc(C)cc(C)c1)c1cccc(Cl)c1F. The first kappa shape index (κ1) is 16.0. The van der Waals surface area contributed by atoms with Crippen molar-refractivity contribution in [3.05, 3.63) is 69.5 Å². The van der Waals surface area contributed by atoms with Crippen LogP contribution in [0.2, 0.25) is 5.02 Å². The molecule has 1 atom stereocenters. The predicted octanol–water partition coefficient (Wildman–Crippen LogP) is 5.18. The van der Waals surface area contributed by atoms with Crippen molar-refractivity contribution in [2.24, 2.45) is 0 Å². The Hall–Kier alpha value is -1.38. The molecule has 2 rings (SSSR count). The van der Waals surface area contributed by atoms with E-state index < -0.39 is 0 Å². The first-order valence-electron chi connectivity index (χ1n) is 7.28. The third-order valence-electron chi connectivity index (χ3n) is 3.47. The maximum absolute atomic E-state index is 14.4. The molecule has 0 radical (unpaired) electrons. The Labute approximate surface area is 131 Å². The minimum Gasteiger partial charge on any atom is -0.306 e. The van der Waals surface area contributed by atoms with E-state index in [9.17, 15) is 4.39 Å². The van der Waals surface area contributed by atoms with Crippen LogP contribution in [0, 0.1) is 19.7 Å². The van der Waals surface area contributed by atoms with Gasteiger partial charge in [0.05, 0.1) is 11.1 Å². The van der Waals surface area contributed by atoms with Gasteiger partial charge in [0.1, 0.15) is 5.82 Å². The lowest BCUT2D eigenvalue weighted by atomic mass is 9.95. The van der Waals surface area contributed by atoms with E-state index in [0.717, 1.165) is 18.5 Å². The second kappa shape index (κ2) is 7.06. The van der Waals surface area contributed by atoms with Gasteiger partial charge in [-0.25, -0.2) is 4.39 Å². The molecule has 0 aliphatic rings. The Kier molecular flexibility index (Phi) is 5.38. The van der Waals surface area contributed by atoms with Gasteiger partial charge in [0.2, 0.25) is 0 Å². The fourth-order valence-electron chi connectivity index (χ4n) is 2.62. The summed E-state index contributed by atoms with van der Waals surface area (Å²) in [6, 6.07) is 11.3. The van der Waals surface area contributed by atoms with Crippen molar-refractivity contribution in [2.45, 2.75) is 33.2 Å². The summed E-state index contributed by atoms with van der Waals surface area (Å²) >= 11 is 5.94. The lowest BCUT2D eigenvalue weighted by molar-refractivity contribution is 0.546. The van der Waals surface area contributed by atoms with Crippen LogP contribution in [0.1, 0.15) is 41.6 Å². The minimum atomic E-state index is -0.341. The summed E-state index contributed by atoms with van der Waals surface area (Å²) in [5, 5.41) is 3.59. The third-order valence-corrected chi connectivity index (χ3v) is 3.76. The lowest BCUT2D eigenvalue weighted by Gasteiger charge is -2.21. The summed E-state index contributed by atoms with van der Waals surface area (Å²) in [4.78, 5) is 0. The first-order chi connectivity index (χ1) is 10.0. The third kappa shape index (κ3) is 3.84. The standard InChI is InChI=1S/C18H21ClFN/c1-4-8-21-18(14-10-12(2)9-13(3)11-14)15-6-5-7-16(19)17(15)20/h5-7,9-11,18,21H,4,8H2,1-3H3. The molecule has 1 unspecified atom stereocenters.